The molecule has 0 saturated heterocycles. The van der Waals surface area contributed by atoms with Gasteiger partial charge in [-0.05, 0) is 35.4 Å². The molecule has 1 aliphatic heterocycles. The Morgan fingerprint density at radius 2 is 1.85 bits per heavy atom. The zero-order valence-corrected chi connectivity index (χ0v) is 14.1. The maximum absolute atomic E-state index is 13.3. The number of benzene rings is 1. The number of nitrogens with zero attached hydrogens (tertiary/aromatic N) is 4. The maximum Gasteiger partial charge on any atom is 0.178 e. The summed E-state index contributed by atoms with van der Waals surface area (Å²) in [6, 6.07) is 8.14. The number of fused-ring (bicyclic) bond motifs is 1. The van der Waals surface area contributed by atoms with Crippen LogP contribution in [-0.4, -0.2) is 36.2 Å². The molecule has 1 aliphatic rings. The highest BCUT2D eigenvalue weighted by atomic mass is 19.1. The minimum absolute atomic E-state index is 0.187. The topological polar surface area (TPSA) is 74.4 Å². The number of rotatable bonds is 5. The van der Waals surface area contributed by atoms with Crippen molar-refractivity contribution in [1.82, 2.24) is 19.4 Å². The molecule has 3 heterocycles. The van der Waals surface area contributed by atoms with Crippen LogP contribution < -0.4 is 0 Å². The molecule has 2 aromatic heterocycles. The van der Waals surface area contributed by atoms with Crippen LogP contribution in [0.3, 0.4) is 0 Å². The molecule has 1 aromatic carbocycles. The SMILES string of the molecule is OC(O)c1ccnc(-c2cn(CCN3Cc4ccc(F)cc4C3)cn2)c1. The molecule has 0 aliphatic carbocycles. The Morgan fingerprint density at radius 1 is 1.00 bits per heavy atom. The van der Waals surface area contributed by atoms with E-state index in [4.69, 9.17) is 0 Å². The summed E-state index contributed by atoms with van der Waals surface area (Å²) >= 11 is 0. The van der Waals surface area contributed by atoms with Crippen LogP contribution in [0.4, 0.5) is 4.39 Å². The molecule has 0 amide bonds. The number of imidazole rings is 1. The molecule has 2 N–H and O–H groups in total. The van der Waals surface area contributed by atoms with Crippen molar-refractivity contribution in [2.45, 2.75) is 25.9 Å². The van der Waals surface area contributed by atoms with Gasteiger partial charge in [-0.2, -0.15) is 0 Å². The van der Waals surface area contributed by atoms with Gasteiger partial charge in [0.15, 0.2) is 6.29 Å². The van der Waals surface area contributed by atoms with Crippen molar-refractivity contribution < 1.29 is 14.6 Å². The van der Waals surface area contributed by atoms with Crippen molar-refractivity contribution in [2.24, 2.45) is 0 Å². The minimum atomic E-state index is -1.53. The summed E-state index contributed by atoms with van der Waals surface area (Å²) in [5, 5.41) is 18.5. The van der Waals surface area contributed by atoms with Gasteiger partial charge >= 0.3 is 0 Å². The summed E-state index contributed by atoms with van der Waals surface area (Å²) in [6.07, 6.45) is 3.63. The van der Waals surface area contributed by atoms with Gasteiger partial charge in [-0.25, -0.2) is 9.37 Å². The molecule has 0 spiro atoms. The Bertz CT molecular complexity index is 925. The molecule has 6 nitrogen and oxygen atoms in total. The molecule has 0 fully saturated rings. The van der Waals surface area contributed by atoms with Crippen molar-refractivity contribution in [3.05, 3.63) is 71.6 Å². The molecule has 0 saturated carbocycles. The summed E-state index contributed by atoms with van der Waals surface area (Å²) in [7, 11) is 0. The van der Waals surface area contributed by atoms with E-state index in [-0.39, 0.29) is 5.82 Å². The van der Waals surface area contributed by atoms with E-state index in [1.807, 2.05) is 16.8 Å². The second-order valence-corrected chi connectivity index (χ2v) is 6.47. The Kier molecular flexibility index (Phi) is 4.50. The normalized spacial score (nSPS) is 14.2. The Hall–Kier alpha value is -2.61. The molecule has 3 aromatic rings. The summed E-state index contributed by atoms with van der Waals surface area (Å²) < 4.78 is 15.3. The Balaban J connectivity index is 1.40. The van der Waals surface area contributed by atoms with E-state index in [9.17, 15) is 14.6 Å². The van der Waals surface area contributed by atoms with E-state index in [0.29, 0.717) is 17.0 Å². The molecule has 0 radical (unpaired) electrons. The van der Waals surface area contributed by atoms with Crippen molar-refractivity contribution in [1.29, 1.82) is 0 Å². The van der Waals surface area contributed by atoms with Gasteiger partial charge in [-0.15, -0.1) is 0 Å². The molecule has 134 valence electrons. The predicted octanol–water partition coefficient (Wildman–Crippen LogP) is 2.08. The fraction of sp³-hybridized carbons (Fsp3) is 0.263. The lowest BCUT2D eigenvalue weighted by atomic mass is 10.1. The monoisotopic (exact) mass is 354 g/mol. The molecule has 0 atom stereocenters. The highest BCUT2D eigenvalue weighted by Crippen LogP contribution is 2.23. The molecule has 26 heavy (non-hydrogen) atoms. The third kappa shape index (κ3) is 3.50. The van der Waals surface area contributed by atoms with Crippen LogP contribution >= 0.6 is 0 Å². The Labute approximate surface area is 150 Å². The number of pyridine rings is 1. The first-order valence-corrected chi connectivity index (χ1v) is 8.42. The predicted molar refractivity (Wildman–Crippen MR) is 93.2 cm³/mol. The highest BCUT2D eigenvalue weighted by Gasteiger charge is 2.19. The van der Waals surface area contributed by atoms with Crippen LogP contribution in [0.15, 0.2) is 49.1 Å². The molecule has 4 rings (SSSR count). The van der Waals surface area contributed by atoms with Crippen LogP contribution in [0.5, 0.6) is 0 Å². The lowest BCUT2D eigenvalue weighted by Crippen LogP contribution is -2.21. The third-order valence-corrected chi connectivity index (χ3v) is 4.61. The smallest absolute Gasteiger partial charge is 0.178 e. The van der Waals surface area contributed by atoms with E-state index in [1.165, 1.54) is 17.8 Å². The van der Waals surface area contributed by atoms with Gasteiger partial charge in [-0.1, -0.05) is 6.07 Å². The van der Waals surface area contributed by atoms with Crippen molar-refractivity contribution in [2.75, 3.05) is 6.54 Å². The number of hydrogen-bond donors (Lipinski definition) is 2. The average molecular weight is 354 g/mol. The van der Waals surface area contributed by atoms with Gasteiger partial charge < -0.3 is 14.8 Å². The largest absolute Gasteiger partial charge is 0.364 e. The first-order valence-electron chi connectivity index (χ1n) is 8.42. The average Bonchev–Trinajstić information content (AvgIpc) is 3.26. The van der Waals surface area contributed by atoms with E-state index in [1.54, 1.807) is 24.5 Å². The fourth-order valence-electron chi connectivity index (χ4n) is 3.21. The summed E-state index contributed by atoms with van der Waals surface area (Å²) in [6.45, 7) is 3.17. The quantitative estimate of drug-likeness (QED) is 0.686. The second kappa shape index (κ2) is 6.95. The summed E-state index contributed by atoms with van der Waals surface area (Å²) in [5.74, 6) is -0.187. The number of aliphatic hydroxyl groups is 2. The summed E-state index contributed by atoms with van der Waals surface area (Å²) in [5.41, 5.74) is 3.89. The Morgan fingerprint density at radius 3 is 2.69 bits per heavy atom. The van der Waals surface area contributed by atoms with Crippen LogP contribution in [0, 0.1) is 5.82 Å². The van der Waals surface area contributed by atoms with E-state index >= 15 is 0 Å². The first-order chi connectivity index (χ1) is 12.6. The molecular formula is C19H19FN4O2. The highest BCUT2D eigenvalue weighted by molar-refractivity contribution is 5.53. The molecule has 0 bridgehead atoms. The van der Waals surface area contributed by atoms with E-state index in [2.05, 4.69) is 14.9 Å². The van der Waals surface area contributed by atoms with Crippen LogP contribution in [-0.2, 0) is 19.6 Å². The van der Waals surface area contributed by atoms with Gasteiger partial charge in [-0.3, -0.25) is 9.88 Å². The summed E-state index contributed by atoms with van der Waals surface area (Å²) in [4.78, 5) is 10.9. The van der Waals surface area contributed by atoms with Gasteiger partial charge in [0.2, 0.25) is 0 Å². The van der Waals surface area contributed by atoms with E-state index < -0.39 is 6.29 Å². The second-order valence-electron chi connectivity index (χ2n) is 6.47. The molecule has 0 unspecified atom stereocenters. The van der Waals surface area contributed by atoms with Crippen LogP contribution in [0.25, 0.3) is 11.4 Å². The number of aliphatic hydroxyl groups excluding tert-OH is 1. The van der Waals surface area contributed by atoms with Crippen molar-refractivity contribution >= 4 is 0 Å². The van der Waals surface area contributed by atoms with Gasteiger partial charge in [0.1, 0.15) is 11.5 Å². The molecular weight excluding hydrogens is 335 g/mol. The number of halogens is 1. The third-order valence-electron chi connectivity index (χ3n) is 4.61. The zero-order valence-electron chi connectivity index (χ0n) is 14.1. The standard InChI is InChI=1S/C19H19FN4O2/c20-16-2-1-14-9-23(10-15(14)7-16)5-6-24-11-18(22-12-24)17-8-13(19(25)26)3-4-21-17/h1-4,7-8,11-12,19,25-26H,5-6,9-10H2. The zero-order chi connectivity index (χ0) is 18.1. The van der Waals surface area contributed by atoms with Crippen LogP contribution in [0.1, 0.15) is 23.0 Å². The lowest BCUT2D eigenvalue weighted by molar-refractivity contribution is -0.0425. The maximum atomic E-state index is 13.3. The minimum Gasteiger partial charge on any atom is -0.364 e. The van der Waals surface area contributed by atoms with Crippen molar-refractivity contribution in [3.63, 3.8) is 0 Å². The fourth-order valence-corrected chi connectivity index (χ4v) is 3.21. The van der Waals surface area contributed by atoms with Crippen LogP contribution in [0.2, 0.25) is 0 Å². The van der Waals surface area contributed by atoms with Gasteiger partial charge in [0.25, 0.3) is 0 Å². The van der Waals surface area contributed by atoms with Gasteiger partial charge in [0, 0.05) is 44.1 Å². The molecule has 7 heteroatoms. The van der Waals surface area contributed by atoms with Crippen molar-refractivity contribution in [3.8, 4) is 11.4 Å². The van der Waals surface area contributed by atoms with Gasteiger partial charge in [0.05, 0.1) is 12.0 Å². The first kappa shape index (κ1) is 16.8. The number of hydrogen-bond acceptors (Lipinski definition) is 5. The van der Waals surface area contributed by atoms with E-state index in [0.717, 1.165) is 31.7 Å². The number of aromatic nitrogens is 3. The lowest BCUT2D eigenvalue weighted by Gasteiger charge is -2.14.